The Morgan fingerprint density at radius 1 is 0.667 bits per heavy atom. The Morgan fingerprint density at radius 2 is 1.20 bits per heavy atom. The van der Waals surface area contributed by atoms with Crippen molar-refractivity contribution in [2.75, 3.05) is 66.6 Å². The molecular weight excluding hydrogens is 388 g/mol. The van der Waals surface area contributed by atoms with E-state index in [1.54, 1.807) is 40.6 Å². The smallest absolute Gasteiger partial charge is 0.257 e. The van der Waals surface area contributed by atoms with Crippen molar-refractivity contribution in [1.29, 1.82) is 0 Å². The van der Waals surface area contributed by atoms with Crippen LogP contribution in [0.1, 0.15) is 10.4 Å². The van der Waals surface area contributed by atoms with Crippen molar-refractivity contribution in [1.82, 2.24) is 4.90 Å². The maximum Gasteiger partial charge on any atom is 0.257 e. The van der Waals surface area contributed by atoms with Crippen LogP contribution in [0.3, 0.4) is 0 Å². The second kappa shape index (κ2) is 9.47. The number of hydrogen-bond donors (Lipinski definition) is 0. The van der Waals surface area contributed by atoms with Gasteiger partial charge >= 0.3 is 0 Å². The van der Waals surface area contributed by atoms with Crippen LogP contribution in [0.5, 0.6) is 28.7 Å². The van der Waals surface area contributed by atoms with Gasteiger partial charge in [0.25, 0.3) is 5.91 Å². The van der Waals surface area contributed by atoms with Crippen LogP contribution in [0.2, 0.25) is 0 Å². The van der Waals surface area contributed by atoms with Crippen LogP contribution >= 0.6 is 0 Å². The van der Waals surface area contributed by atoms with E-state index in [2.05, 4.69) is 4.90 Å². The Kier molecular flexibility index (Phi) is 6.76. The molecule has 0 radical (unpaired) electrons. The molecule has 0 saturated carbocycles. The number of ether oxygens (including phenoxy) is 5. The molecule has 3 rings (SSSR count). The molecule has 0 aromatic heterocycles. The fourth-order valence-electron chi connectivity index (χ4n) is 3.51. The minimum atomic E-state index is -0.101. The van der Waals surface area contributed by atoms with Gasteiger partial charge in [0.2, 0.25) is 0 Å². The molecule has 1 heterocycles. The third-order valence-electron chi connectivity index (χ3n) is 5.20. The average Bonchev–Trinajstić information content (AvgIpc) is 2.82. The van der Waals surface area contributed by atoms with Crippen LogP contribution in [-0.2, 0) is 0 Å². The maximum absolute atomic E-state index is 13.2. The van der Waals surface area contributed by atoms with Crippen LogP contribution in [0.25, 0.3) is 0 Å². The van der Waals surface area contributed by atoms with Crippen molar-refractivity contribution >= 4 is 11.6 Å². The number of rotatable bonds is 7. The first-order valence-corrected chi connectivity index (χ1v) is 9.61. The van der Waals surface area contributed by atoms with E-state index in [1.807, 2.05) is 23.1 Å². The molecule has 1 fully saturated rings. The number of nitrogens with zero attached hydrogens (tertiary/aromatic N) is 2. The van der Waals surface area contributed by atoms with E-state index in [0.29, 0.717) is 49.0 Å². The number of hydrogen-bond acceptors (Lipinski definition) is 7. The molecule has 0 aliphatic carbocycles. The molecule has 8 nitrogen and oxygen atoms in total. The Hall–Kier alpha value is -3.29. The zero-order chi connectivity index (χ0) is 21.7. The molecule has 0 unspecified atom stereocenters. The van der Waals surface area contributed by atoms with Crippen LogP contribution in [0, 0.1) is 0 Å². The minimum Gasteiger partial charge on any atom is -0.497 e. The van der Waals surface area contributed by atoms with Crippen LogP contribution in [0.4, 0.5) is 5.69 Å². The molecule has 1 aliphatic rings. The van der Waals surface area contributed by atoms with E-state index < -0.39 is 0 Å². The number of anilines is 1. The zero-order valence-electron chi connectivity index (χ0n) is 18.1. The van der Waals surface area contributed by atoms with Gasteiger partial charge in [0.1, 0.15) is 17.2 Å². The molecule has 2 aromatic carbocycles. The van der Waals surface area contributed by atoms with Crippen molar-refractivity contribution in [2.24, 2.45) is 0 Å². The Bertz CT molecular complexity index is 871. The number of piperazine rings is 1. The van der Waals surface area contributed by atoms with E-state index in [4.69, 9.17) is 23.7 Å². The van der Waals surface area contributed by atoms with Gasteiger partial charge in [-0.3, -0.25) is 4.79 Å². The average molecular weight is 416 g/mol. The Balaban J connectivity index is 1.76. The molecule has 8 heteroatoms. The first-order chi connectivity index (χ1) is 14.5. The molecule has 1 aliphatic heterocycles. The molecule has 0 atom stereocenters. The second-order valence-corrected chi connectivity index (χ2v) is 6.76. The topological polar surface area (TPSA) is 69.7 Å². The summed E-state index contributed by atoms with van der Waals surface area (Å²) in [5.74, 6) is 2.83. The first kappa shape index (κ1) is 21.4. The number of amides is 1. The second-order valence-electron chi connectivity index (χ2n) is 6.76. The van der Waals surface area contributed by atoms with Gasteiger partial charge in [0.05, 0.1) is 41.1 Å². The maximum atomic E-state index is 13.2. The molecule has 0 spiro atoms. The monoisotopic (exact) mass is 416 g/mol. The highest BCUT2D eigenvalue weighted by Crippen LogP contribution is 2.35. The summed E-state index contributed by atoms with van der Waals surface area (Å²) < 4.78 is 26.8. The molecule has 0 N–H and O–H groups in total. The van der Waals surface area contributed by atoms with Crippen molar-refractivity contribution in [3.8, 4) is 28.7 Å². The van der Waals surface area contributed by atoms with Gasteiger partial charge in [-0.2, -0.15) is 0 Å². The van der Waals surface area contributed by atoms with Gasteiger partial charge in [-0.05, 0) is 0 Å². The van der Waals surface area contributed by atoms with Gasteiger partial charge in [0, 0.05) is 62.2 Å². The number of methoxy groups -OCH3 is 5. The van der Waals surface area contributed by atoms with E-state index in [9.17, 15) is 4.79 Å². The highest BCUT2D eigenvalue weighted by Gasteiger charge is 2.26. The lowest BCUT2D eigenvalue weighted by molar-refractivity contribution is 0.0743. The fraction of sp³-hybridized carbons (Fsp3) is 0.409. The standard InChI is InChI=1S/C22H28N2O6/c1-26-16-10-15(11-17(12-16)27-2)23-6-8-24(9-7-23)22(25)18-13-20(29-4)21(30-5)14-19(18)28-3/h10-14H,6-9H2,1-5H3. The van der Waals surface area contributed by atoms with E-state index in [1.165, 1.54) is 7.11 Å². The summed E-state index contributed by atoms with van der Waals surface area (Å²) in [6.07, 6.45) is 0. The molecule has 162 valence electrons. The summed E-state index contributed by atoms with van der Waals surface area (Å²) in [5.41, 5.74) is 1.45. The zero-order valence-corrected chi connectivity index (χ0v) is 18.1. The third kappa shape index (κ3) is 4.32. The van der Waals surface area contributed by atoms with E-state index in [0.717, 1.165) is 17.2 Å². The van der Waals surface area contributed by atoms with Gasteiger partial charge in [0.15, 0.2) is 11.5 Å². The Labute approximate surface area is 176 Å². The lowest BCUT2D eigenvalue weighted by atomic mass is 10.1. The highest BCUT2D eigenvalue weighted by atomic mass is 16.5. The summed E-state index contributed by atoms with van der Waals surface area (Å²) in [6, 6.07) is 9.12. The predicted molar refractivity (Wildman–Crippen MR) is 114 cm³/mol. The summed E-state index contributed by atoms with van der Waals surface area (Å²) in [4.78, 5) is 17.2. The lowest BCUT2D eigenvalue weighted by Gasteiger charge is -2.36. The fourth-order valence-corrected chi connectivity index (χ4v) is 3.51. The van der Waals surface area contributed by atoms with Crippen LogP contribution in [-0.4, -0.2) is 72.5 Å². The number of carbonyl (C=O) groups is 1. The van der Waals surface area contributed by atoms with Gasteiger partial charge in [-0.1, -0.05) is 0 Å². The van der Waals surface area contributed by atoms with Gasteiger partial charge < -0.3 is 33.5 Å². The number of benzene rings is 2. The highest BCUT2D eigenvalue weighted by molar-refractivity contribution is 5.98. The molecule has 30 heavy (non-hydrogen) atoms. The SMILES string of the molecule is COc1cc(OC)cc(N2CCN(C(=O)c3cc(OC)c(OC)cc3OC)CC2)c1. The van der Waals surface area contributed by atoms with Crippen molar-refractivity contribution in [3.05, 3.63) is 35.9 Å². The quantitative estimate of drug-likeness (QED) is 0.687. The lowest BCUT2D eigenvalue weighted by Crippen LogP contribution is -2.48. The molecule has 1 amide bonds. The molecule has 0 bridgehead atoms. The summed E-state index contributed by atoms with van der Waals surface area (Å²) >= 11 is 0. The number of carbonyl (C=O) groups excluding carboxylic acids is 1. The molecule has 2 aromatic rings. The molecule has 1 saturated heterocycles. The summed E-state index contributed by atoms with van der Waals surface area (Å²) in [6.45, 7) is 2.54. The molecular formula is C22H28N2O6. The van der Waals surface area contributed by atoms with Crippen LogP contribution in [0.15, 0.2) is 30.3 Å². The van der Waals surface area contributed by atoms with Crippen molar-refractivity contribution in [3.63, 3.8) is 0 Å². The Morgan fingerprint density at radius 3 is 1.70 bits per heavy atom. The minimum absolute atomic E-state index is 0.101. The van der Waals surface area contributed by atoms with Crippen molar-refractivity contribution in [2.45, 2.75) is 0 Å². The normalized spacial score (nSPS) is 13.6. The van der Waals surface area contributed by atoms with E-state index >= 15 is 0 Å². The van der Waals surface area contributed by atoms with Crippen LogP contribution < -0.4 is 28.6 Å². The van der Waals surface area contributed by atoms with Gasteiger partial charge in [-0.15, -0.1) is 0 Å². The predicted octanol–water partition coefficient (Wildman–Crippen LogP) is 2.69. The largest absolute Gasteiger partial charge is 0.497 e. The first-order valence-electron chi connectivity index (χ1n) is 9.61. The van der Waals surface area contributed by atoms with E-state index in [-0.39, 0.29) is 5.91 Å². The third-order valence-corrected chi connectivity index (χ3v) is 5.20. The van der Waals surface area contributed by atoms with Crippen molar-refractivity contribution < 1.29 is 28.5 Å². The van der Waals surface area contributed by atoms with Gasteiger partial charge in [-0.25, -0.2) is 0 Å². The summed E-state index contributed by atoms with van der Waals surface area (Å²) in [7, 11) is 7.88. The summed E-state index contributed by atoms with van der Waals surface area (Å²) in [5, 5.41) is 0.